The topological polar surface area (TPSA) is 41.7 Å². The Balaban J connectivity index is 1.96. The minimum Gasteiger partial charge on any atom is -0.497 e. The molecule has 20 heavy (non-hydrogen) atoms. The van der Waals surface area contributed by atoms with Crippen molar-refractivity contribution in [1.82, 2.24) is 9.80 Å². The van der Waals surface area contributed by atoms with Crippen LogP contribution in [0.15, 0.2) is 24.3 Å². The van der Waals surface area contributed by atoms with Crippen LogP contribution in [0.4, 0.5) is 0 Å². The van der Waals surface area contributed by atoms with E-state index in [1.54, 1.807) is 7.11 Å². The number of likely N-dealkylation sites (N-methyl/N-ethyl adjacent to an activating group) is 1. The third kappa shape index (κ3) is 3.51. The number of nitrogens with two attached hydrogens (primary N) is 1. The molecule has 4 heteroatoms. The number of likely N-dealkylation sites (tertiary alicyclic amines) is 1. The fraction of sp³-hybridized carbons (Fsp3) is 0.625. The van der Waals surface area contributed by atoms with E-state index in [9.17, 15) is 0 Å². The number of benzene rings is 1. The van der Waals surface area contributed by atoms with E-state index in [-0.39, 0.29) is 6.04 Å². The Bertz CT molecular complexity index is 435. The second kappa shape index (κ2) is 6.57. The average molecular weight is 277 g/mol. The van der Waals surface area contributed by atoms with Crippen LogP contribution in [-0.2, 0) is 0 Å². The van der Waals surface area contributed by atoms with Crippen LogP contribution in [0.5, 0.6) is 5.75 Å². The molecule has 1 aromatic carbocycles. The molecule has 0 radical (unpaired) electrons. The van der Waals surface area contributed by atoms with Crippen LogP contribution in [0.3, 0.4) is 0 Å². The highest BCUT2D eigenvalue weighted by Gasteiger charge is 2.31. The van der Waals surface area contributed by atoms with Crippen LogP contribution in [-0.4, -0.2) is 56.7 Å². The Hall–Kier alpha value is -1.10. The van der Waals surface area contributed by atoms with E-state index in [2.05, 4.69) is 36.9 Å². The molecule has 3 atom stereocenters. The number of hydrogen-bond acceptors (Lipinski definition) is 4. The minimum atomic E-state index is 0.0400. The zero-order valence-corrected chi connectivity index (χ0v) is 13.0. The highest BCUT2D eigenvalue weighted by molar-refractivity contribution is 5.30. The minimum absolute atomic E-state index is 0.0400. The first-order valence-electron chi connectivity index (χ1n) is 7.29. The number of rotatable bonds is 5. The monoisotopic (exact) mass is 277 g/mol. The van der Waals surface area contributed by atoms with Gasteiger partial charge in [0.05, 0.1) is 7.11 Å². The maximum atomic E-state index is 6.35. The third-order valence-electron chi connectivity index (χ3n) is 4.29. The summed E-state index contributed by atoms with van der Waals surface area (Å²) < 4.78 is 5.26. The van der Waals surface area contributed by atoms with Crippen molar-refractivity contribution in [2.24, 2.45) is 11.7 Å². The van der Waals surface area contributed by atoms with Crippen molar-refractivity contribution in [3.63, 3.8) is 0 Å². The summed E-state index contributed by atoms with van der Waals surface area (Å²) >= 11 is 0. The van der Waals surface area contributed by atoms with Gasteiger partial charge in [0.25, 0.3) is 0 Å². The quantitative estimate of drug-likeness (QED) is 0.887. The first-order chi connectivity index (χ1) is 9.51. The van der Waals surface area contributed by atoms with Gasteiger partial charge in [-0.1, -0.05) is 19.1 Å². The van der Waals surface area contributed by atoms with Crippen LogP contribution in [0, 0.1) is 5.92 Å². The SMILES string of the molecule is COc1cccc(C(N)CN2CC(C)C(N(C)C)C2)c1. The summed E-state index contributed by atoms with van der Waals surface area (Å²) in [7, 11) is 6.01. The molecule has 1 aliphatic rings. The van der Waals surface area contributed by atoms with E-state index in [0.717, 1.165) is 30.9 Å². The molecule has 0 bridgehead atoms. The first-order valence-corrected chi connectivity index (χ1v) is 7.29. The second-order valence-corrected chi connectivity index (χ2v) is 6.11. The molecular weight excluding hydrogens is 250 g/mol. The average Bonchev–Trinajstić information content (AvgIpc) is 2.79. The molecule has 0 amide bonds. The molecule has 2 rings (SSSR count). The summed E-state index contributed by atoms with van der Waals surface area (Å²) in [5.74, 6) is 1.57. The van der Waals surface area contributed by atoms with Crippen LogP contribution >= 0.6 is 0 Å². The van der Waals surface area contributed by atoms with Crippen LogP contribution in [0.1, 0.15) is 18.5 Å². The fourth-order valence-electron chi connectivity index (χ4n) is 3.13. The van der Waals surface area contributed by atoms with Gasteiger partial charge in [0.15, 0.2) is 0 Å². The first kappa shape index (κ1) is 15.3. The Labute approximate surface area is 122 Å². The smallest absolute Gasteiger partial charge is 0.119 e. The van der Waals surface area contributed by atoms with E-state index >= 15 is 0 Å². The lowest BCUT2D eigenvalue weighted by Crippen LogP contribution is -2.36. The van der Waals surface area contributed by atoms with E-state index in [4.69, 9.17) is 10.5 Å². The maximum Gasteiger partial charge on any atom is 0.119 e. The molecule has 2 N–H and O–H groups in total. The molecule has 1 fully saturated rings. The molecule has 3 unspecified atom stereocenters. The van der Waals surface area contributed by atoms with Gasteiger partial charge in [-0.2, -0.15) is 0 Å². The zero-order chi connectivity index (χ0) is 14.7. The van der Waals surface area contributed by atoms with E-state index in [0.29, 0.717) is 12.0 Å². The predicted octanol–water partition coefficient (Wildman–Crippen LogP) is 1.58. The number of nitrogens with zero attached hydrogens (tertiary/aromatic N) is 2. The summed E-state index contributed by atoms with van der Waals surface area (Å²) in [6, 6.07) is 8.74. The summed E-state index contributed by atoms with van der Waals surface area (Å²) in [5, 5.41) is 0. The molecule has 0 aliphatic carbocycles. The van der Waals surface area contributed by atoms with Crippen molar-refractivity contribution in [2.75, 3.05) is 40.8 Å². The van der Waals surface area contributed by atoms with Gasteiger partial charge >= 0.3 is 0 Å². The van der Waals surface area contributed by atoms with Crippen molar-refractivity contribution in [2.45, 2.75) is 19.0 Å². The summed E-state index contributed by atoms with van der Waals surface area (Å²) in [5.41, 5.74) is 7.50. The molecule has 0 aromatic heterocycles. The number of ether oxygens (including phenoxy) is 1. The summed E-state index contributed by atoms with van der Waals surface area (Å²) in [6.07, 6.45) is 0. The maximum absolute atomic E-state index is 6.35. The predicted molar refractivity (Wildman–Crippen MR) is 83.0 cm³/mol. The van der Waals surface area contributed by atoms with Crippen molar-refractivity contribution in [3.8, 4) is 5.75 Å². The van der Waals surface area contributed by atoms with Crippen molar-refractivity contribution < 1.29 is 4.74 Å². The molecule has 1 saturated heterocycles. The van der Waals surface area contributed by atoms with Gasteiger partial charge in [-0.15, -0.1) is 0 Å². The molecule has 1 heterocycles. The van der Waals surface area contributed by atoms with Crippen molar-refractivity contribution in [3.05, 3.63) is 29.8 Å². The largest absolute Gasteiger partial charge is 0.497 e. The van der Waals surface area contributed by atoms with Crippen molar-refractivity contribution >= 4 is 0 Å². The Morgan fingerprint density at radius 2 is 2.15 bits per heavy atom. The van der Waals surface area contributed by atoms with E-state index in [1.165, 1.54) is 0 Å². The lowest BCUT2D eigenvalue weighted by Gasteiger charge is -2.24. The van der Waals surface area contributed by atoms with Gasteiger partial charge in [-0.3, -0.25) is 4.90 Å². The van der Waals surface area contributed by atoms with Crippen LogP contribution in [0.25, 0.3) is 0 Å². The lowest BCUT2D eigenvalue weighted by molar-refractivity contribution is 0.248. The standard InChI is InChI=1S/C16H27N3O/c1-12-9-19(11-16(12)18(2)3)10-15(17)13-6-5-7-14(8-13)20-4/h5-8,12,15-16H,9-11,17H2,1-4H3. The van der Waals surface area contributed by atoms with Gasteiger partial charge in [0.1, 0.15) is 5.75 Å². The molecule has 4 nitrogen and oxygen atoms in total. The summed E-state index contributed by atoms with van der Waals surface area (Å²) in [4.78, 5) is 4.79. The Morgan fingerprint density at radius 1 is 1.40 bits per heavy atom. The van der Waals surface area contributed by atoms with Gasteiger partial charge in [-0.05, 0) is 37.7 Å². The molecule has 1 aliphatic heterocycles. The highest BCUT2D eigenvalue weighted by atomic mass is 16.5. The van der Waals surface area contributed by atoms with Gasteiger partial charge in [0, 0.05) is 31.7 Å². The number of methoxy groups -OCH3 is 1. The van der Waals surface area contributed by atoms with E-state index < -0.39 is 0 Å². The van der Waals surface area contributed by atoms with Crippen molar-refractivity contribution in [1.29, 1.82) is 0 Å². The molecule has 112 valence electrons. The normalized spacial score (nSPS) is 25.1. The highest BCUT2D eigenvalue weighted by Crippen LogP contribution is 2.23. The van der Waals surface area contributed by atoms with Gasteiger partial charge in [0.2, 0.25) is 0 Å². The summed E-state index contributed by atoms with van der Waals surface area (Å²) in [6.45, 7) is 5.45. The molecular formula is C16H27N3O. The van der Waals surface area contributed by atoms with Crippen LogP contribution < -0.4 is 10.5 Å². The third-order valence-corrected chi connectivity index (χ3v) is 4.29. The lowest BCUT2D eigenvalue weighted by atomic mass is 10.1. The zero-order valence-electron chi connectivity index (χ0n) is 13.0. The molecule has 1 aromatic rings. The van der Waals surface area contributed by atoms with E-state index in [1.807, 2.05) is 18.2 Å². The molecule has 0 saturated carbocycles. The van der Waals surface area contributed by atoms with Crippen LogP contribution in [0.2, 0.25) is 0 Å². The Morgan fingerprint density at radius 3 is 2.75 bits per heavy atom. The molecule has 0 spiro atoms. The second-order valence-electron chi connectivity index (χ2n) is 6.11. The Kier molecular flexibility index (Phi) is 5.02. The fourth-order valence-corrected chi connectivity index (χ4v) is 3.13. The number of hydrogen-bond donors (Lipinski definition) is 1. The van der Waals surface area contributed by atoms with Gasteiger partial charge in [-0.25, -0.2) is 0 Å². The van der Waals surface area contributed by atoms with Gasteiger partial charge < -0.3 is 15.4 Å².